The summed E-state index contributed by atoms with van der Waals surface area (Å²) in [5.74, 6) is 0.155. The van der Waals surface area contributed by atoms with Crippen molar-refractivity contribution < 1.29 is 14.8 Å². The van der Waals surface area contributed by atoms with Crippen molar-refractivity contribution in [2.24, 2.45) is 5.16 Å². The lowest BCUT2D eigenvalue weighted by Gasteiger charge is -2.41. The Morgan fingerprint density at radius 2 is 2.27 bits per heavy atom. The molecule has 1 aliphatic rings. The maximum Gasteiger partial charge on any atom is 0.294 e. The van der Waals surface area contributed by atoms with Gasteiger partial charge in [0.1, 0.15) is 5.69 Å². The number of hydrogen-bond acceptors (Lipinski definition) is 9. The molecule has 2 heterocycles. The summed E-state index contributed by atoms with van der Waals surface area (Å²) in [6.07, 6.45) is 0. The standard InChI is InChI=1S/C14H16ClN7O4/c1-8-7-20(10-3-2-9(15)6-11(10)22(24)25)4-5-21(8)14(17-23)12-13(16)19-26-18-12/h2-3,6,8,23H,4-5,7H2,1H3,(H2,16,19). The SMILES string of the molecule is CC1CN(c2ccc(Cl)cc2[N+](=O)[O-])CCN1C(=NO)c1nonc1N. The topological polar surface area (TPSA) is 147 Å². The maximum atomic E-state index is 11.3. The quantitative estimate of drug-likeness (QED) is 0.265. The number of nitro groups is 1. The molecule has 0 amide bonds. The molecule has 2 aromatic rings. The van der Waals surface area contributed by atoms with Gasteiger partial charge in [0.2, 0.25) is 5.84 Å². The van der Waals surface area contributed by atoms with Crippen LogP contribution in [0, 0.1) is 10.1 Å². The van der Waals surface area contributed by atoms with E-state index in [1.807, 2.05) is 11.8 Å². The minimum absolute atomic E-state index is 0.0146. The van der Waals surface area contributed by atoms with Crippen molar-refractivity contribution in [3.8, 4) is 0 Å². The third-order valence-corrected chi connectivity index (χ3v) is 4.43. The first kappa shape index (κ1) is 17.7. The molecule has 0 saturated carbocycles. The van der Waals surface area contributed by atoms with Crippen LogP contribution in [-0.2, 0) is 0 Å². The number of nitrogen functional groups attached to an aromatic ring is 1. The van der Waals surface area contributed by atoms with E-state index in [2.05, 4.69) is 20.1 Å². The molecule has 3 N–H and O–H groups in total. The molecule has 0 aliphatic carbocycles. The van der Waals surface area contributed by atoms with Gasteiger partial charge in [-0.15, -0.1) is 0 Å². The average Bonchev–Trinajstić information content (AvgIpc) is 3.03. The van der Waals surface area contributed by atoms with E-state index in [0.717, 1.165) is 0 Å². The number of oxime groups is 1. The number of halogens is 1. The Labute approximate surface area is 152 Å². The van der Waals surface area contributed by atoms with E-state index in [9.17, 15) is 15.3 Å². The third kappa shape index (κ3) is 3.20. The largest absolute Gasteiger partial charge is 0.409 e. The van der Waals surface area contributed by atoms with Crippen LogP contribution in [0.15, 0.2) is 28.0 Å². The zero-order chi connectivity index (χ0) is 18.8. The summed E-state index contributed by atoms with van der Waals surface area (Å²) in [6.45, 7) is 3.22. The number of benzene rings is 1. The highest BCUT2D eigenvalue weighted by Crippen LogP contribution is 2.32. The lowest BCUT2D eigenvalue weighted by atomic mass is 10.1. The fourth-order valence-electron chi connectivity index (χ4n) is 2.99. The zero-order valence-electron chi connectivity index (χ0n) is 13.7. The van der Waals surface area contributed by atoms with Gasteiger partial charge in [-0.2, -0.15) is 0 Å². The molecule has 1 saturated heterocycles. The van der Waals surface area contributed by atoms with Crippen molar-refractivity contribution in [2.75, 3.05) is 30.3 Å². The van der Waals surface area contributed by atoms with Gasteiger partial charge in [0.25, 0.3) is 5.69 Å². The Hall–Kier alpha value is -3.08. The van der Waals surface area contributed by atoms with E-state index < -0.39 is 4.92 Å². The number of rotatable bonds is 3. The van der Waals surface area contributed by atoms with Gasteiger partial charge >= 0.3 is 0 Å². The van der Waals surface area contributed by atoms with Crippen LogP contribution >= 0.6 is 11.6 Å². The van der Waals surface area contributed by atoms with E-state index in [1.54, 1.807) is 17.0 Å². The van der Waals surface area contributed by atoms with Crippen LogP contribution in [-0.4, -0.2) is 56.9 Å². The number of nitro benzene ring substituents is 1. The molecule has 1 fully saturated rings. The Balaban J connectivity index is 1.83. The van der Waals surface area contributed by atoms with E-state index >= 15 is 0 Å². The number of hydrogen-bond donors (Lipinski definition) is 2. The van der Waals surface area contributed by atoms with Gasteiger partial charge in [-0.3, -0.25) is 10.1 Å². The van der Waals surface area contributed by atoms with Gasteiger partial charge < -0.3 is 20.7 Å². The summed E-state index contributed by atoms with van der Waals surface area (Å²) in [5.41, 5.74) is 6.24. The molecule has 1 aromatic heterocycles. The predicted octanol–water partition coefficient (Wildman–Crippen LogP) is 1.56. The Morgan fingerprint density at radius 1 is 1.50 bits per heavy atom. The van der Waals surface area contributed by atoms with Crippen molar-refractivity contribution in [3.63, 3.8) is 0 Å². The lowest BCUT2D eigenvalue weighted by Crippen LogP contribution is -2.54. The Morgan fingerprint density at radius 3 is 2.85 bits per heavy atom. The predicted molar refractivity (Wildman–Crippen MR) is 93.5 cm³/mol. The van der Waals surface area contributed by atoms with Gasteiger partial charge in [-0.25, -0.2) is 4.63 Å². The van der Waals surface area contributed by atoms with Gasteiger partial charge in [0.15, 0.2) is 11.5 Å². The second-order valence-electron chi connectivity index (χ2n) is 5.80. The Bertz CT molecular complexity index is 856. The summed E-state index contributed by atoms with van der Waals surface area (Å²) < 4.78 is 4.56. The summed E-state index contributed by atoms with van der Waals surface area (Å²) in [4.78, 5) is 14.5. The molecule has 0 spiro atoms. The summed E-state index contributed by atoms with van der Waals surface area (Å²) in [6, 6.07) is 4.42. The fraction of sp³-hybridized carbons (Fsp3) is 0.357. The van der Waals surface area contributed by atoms with Crippen molar-refractivity contribution in [2.45, 2.75) is 13.0 Å². The highest BCUT2D eigenvalue weighted by Gasteiger charge is 2.32. The lowest BCUT2D eigenvalue weighted by molar-refractivity contribution is -0.384. The number of nitrogens with two attached hydrogens (primary N) is 1. The molecule has 12 heteroatoms. The molecule has 0 radical (unpaired) electrons. The number of nitrogens with zero attached hydrogens (tertiary/aromatic N) is 6. The third-order valence-electron chi connectivity index (χ3n) is 4.19. The first-order chi connectivity index (χ1) is 12.4. The summed E-state index contributed by atoms with van der Waals surface area (Å²) >= 11 is 5.88. The highest BCUT2D eigenvalue weighted by molar-refractivity contribution is 6.30. The molecule has 0 bridgehead atoms. The van der Waals surface area contributed by atoms with Crippen LogP contribution in [0.1, 0.15) is 12.6 Å². The molecule has 1 aliphatic heterocycles. The van der Waals surface area contributed by atoms with Crippen LogP contribution in [0.3, 0.4) is 0 Å². The van der Waals surface area contributed by atoms with Crippen LogP contribution in [0.4, 0.5) is 17.2 Å². The molecule has 3 rings (SSSR count). The monoisotopic (exact) mass is 381 g/mol. The normalized spacial score (nSPS) is 18.2. The molecule has 138 valence electrons. The second-order valence-corrected chi connectivity index (χ2v) is 6.24. The average molecular weight is 382 g/mol. The van der Waals surface area contributed by atoms with Gasteiger partial charge in [-0.1, -0.05) is 16.8 Å². The molecule has 11 nitrogen and oxygen atoms in total. The van der Waals surface area contributed by atoms with E-state index in [-0.39, 0.29) is 29.1 Å². The number of aromatic nitrogens is 2. The number of amidine groups is 1. The van der Waals surface area contributed by atoms with E-state index in [4.69, 9.17) is 17.3 Å². The molecule has 1 aromatic carbocycles. The molecular formula is C14H16ClN7O4. The van der Waals surface area contributed by atoms with Gasteiger partial charge in [0, 0.05) is 36.8 Å². The Kier molecular flexibility index (Phi) is 4.80. The van der Waals surface area contributed by atoms with Gasteiger partial charge in [0.05, 0.1) is 4.92 Å². The van der Waals surface area contributed by atoms with Crippen molar-refractivity contribution >= 4 is 34.6 Å². The number of piperazine rings is 1. The first-order valence-corrected chi connectivity index (χ1v) is 8.06. The zero-order valence-corrected chi connectivity index (χ0v) is 14.5. The smallest absolute Gasteiger partial charge is 0.294 e. The fourth-order valence-corrected chi connectivity index (χ4v) is 3.16. The summed E-state index contributed by atoms with van der Waals surface area (Å²) in [7, 11) is 0. The first-order valence-electron chi connectivity index (χ1n) is 7.68. The second kappa shape index (κ2) is 7.04. The molecular weight excluding hydrogens is 366 g/mol. The highest BCUT2D eigenvalue weighted by atomic mass is 35.5. The van der Waals surface area contributed by atoms with E-state index in [1.165, 1.54) is 6.07 Å². The van der Waals surface area contributed by atoms with Crippen molar-refractivity contribution in [1.82, 2.24) is 15.2 Å². The molecule has 1 atom stereocenters. The van der Waals surface area contributed by atoms with Crippen LogP contribution in [0.5, 0.6) is 0 Å². The minimum Gasteiger partial charge on any atom is -0.409 e. The molecule has 26 heavy (non-hydrogen) atoms. The number of anilines is 2. The van der Waals surface area contributed by atoms with Crippen LogP contribution in [0.2, 0.25) is 5.02 Å². The van der Waals surface area contributed by atoms with Crippen LogP contribution in [0.25, 0.3) is 0 Å². The molecule has 1 unspecified atom stereocenters. The van der Waals surface area contributed by atoms with Crippen LogP contribution < -0.4 is 10.6 Å². The summed E-state index contributed by atoms with van der Waals surface area (Å²) in [5, 5.41) is 31.4. The van der Waals surface area contributed by atoms with Gasteiger partial charge in [-0.05, 0) is 29.4 Å². The minimum atomic E-state index is -0.458. The van der Waals surface area contributed by atoms with E-state index in [0.29, 0.717) is 30.3 Å². The maximum absolute atomic E-state index is 11.3. The van der Waals surface area contributed by atoms with Crippen molar-refractivity contribution in [1.29, 1.82) is 0 Å². The van der Waals surface area contributed by atoms with Crippen molar-refractivity contribution in [3.05, 3.63) is 39.0 Å².